The fourth-order valence-electron chi connectivity index (χ4n) is 3.02. The number of hydrogen-bond donors (Lipinski definition) is 1. The molecule has 0 unspecified atom stereocenters. The second-order valence-corrected chi connectivity index (χ2v) is 5.84. The molecule has 0 amide bonds. The normalized spacial score (nSPS) is 25.8. The smallest absolute Gasteiger partial charge is 0.0890 e. The molecular weight excluding hydrogens is 248 g/mol. The van der Waals surface area contributed by atoms with Crippen LogP contribution in [0.5, 0.6) is 0 Å². The van der Waals surface area contributed by atoms with Gasteiger partial charge >= 0.3 is 0 Å². The van der Waals surface area contributed by atoms with E-state index in [-0.39, 0.29) is 0 Å². The highest BCUT2D eigenvalue weighted by Gasteiger charge is 2.27. The molecule has 4 nitrogen and oxygen atoms in total. The number of hydrogen-bond acceptors (Lipinski definition) is 4. The Morgan fingerprint density at radius 2 is 1.95 bits per heavy atom. The highest BCUT2D eigenvalue weighted by Crippen LogP contribution is 2.26. The minimum Gasteiger partial charge on any atom is -0.311 e. The zero-order valence-corrected chi connectivity index (χ0v) is 12.4. The van der Waals surface area contributed by atoms with E-state index < -0.39 is 0 Å². The van der Waals surface area contributed by atoms with Crippen molar-refractivity contribution in [2.45, 2.75) is 38.9 Å². The number of benzene rings is 1. The Kier molecular flexibility index (Phi) is 3.68. The van der Waals surface area contributed by atoms with Crippen LogP contribution in [-0.2, 0) is 0 Å². The Morgan fingerprint density at radius 3 is 2.75 bits per heavy atom. The first-order valence-corrected chi connectivity index (χ1v) is 7.35. The lowest BCUT2D eigenvalue weighted by Crippen LogP contribution is -2.54. The van der Waals surface area contributed by atoms with Crippen LogP contribution in [0.1, 0.15) is 32.4 Å². The number of nitrogens with one attached hydrogen (secondary N) is 1. The van der Waals surface area contributed by atoms with E-state index in [1.165, 1.54) is 5.56 Å². The summed E-state index contributed by atoms with van der Waals surface area (Å²) in [4.78, 5) is 11.3. The molecule has 2 aromatic rings. The highest BCUT2D eigenvalue weighted by molar-refractivity contribution is 5.74. The topological polar surface area (TPSA) is 41.0 Å². The number of nitrogens with zero attached hydrogens (tertiary/aromatic N) is 3. The minimum atomic E-state index is 0.404. The summed E-state index contributed by atoms with van der Waals surface area (Å²) in [7, 11) is 0. The van der Waals surface area contributed by atoms with Crippen molar-refractivity contribution in [1.82, 2.24) is 20.2 Å². The molecule has 1 fully saturated rings. The zero-order chi connectivity index (χ0) is 14.1. The molecule has 3 rings (SSSR count). The van der Waals surface area contributed by atoms with Gasteiger partial charge in [-0.15, -0.1) is 0 Å². The van der Waals surface area contributed by atoms with Crippen LogP contribution in [0.4, 0.5) is 0 Å². The molecule has 2 heterocycles. The molecule has 3 atom stereocenters. The lowest BCUT2D eigenvalue weighted by atomic mass is 10.0. The molecule has 20 heavy (non-hydrogen) atoms. The van der Waals surface area contributed by atoms with Crippen LogP contribution in [0, 0.1) is 0 Å². The van der Waals surface area contributed by atoms with Gasteiger partial charge in [-0.05, 0) is 38.5 Å². The lowest BCUT2D eigenvalue weighted by molar-refractivity contribution is 0.103. The second-order valence-electron chi connectivity index (χ2n) is 5.84. The van der Waals surface area contributed by atoms with E-state index in [2.05, 4.69) is 59.2 Å². The van der Waals surface area contributed by atoms with Crippen molar-refractivity contribution >= 4 is 11.0 Å². The van der Waals surface area contributed by atoms with Crippen molar-refractivity contribution in [3.8, 4) is 0 Å². The van der Waals surface area contributed by atoms with Crippen LogP contribution in [0.25, 0.3) is 11.0 Å². The molecule has 106 valence electrons. The molecule has 1 aliphatic heterocycles. The predicted molar refractivity (Wildman–Crippen MR) is 81.6 cm³/mol. The Morgan fingerprint density at radius 1 is 1.20 bits per heavy atom. The van der Waals surface area contributed by atoms with Crippen molar-refractivity contribution in [3.63, 3.8) is 0 Å². The Balaban J connectivity index is 1.89. The van der Waals surface area contributed by atoms with E-state index in [0.717, 1.165) is 24.1 Å². The Bertz CT molecular complexity index is 598. The first-order chi connectivity index (χ1) is 9.65. The van der Waals surface area contributed by atoms with Gasteiger partial charge in [0.1, 0.15) is 0 Å². The first kappa shape index (κ1) is 13.5. The maximum atomic E-state index is 4.41. The molecule has 1 saturated heterocycles. The third-order valence-corrected chi connectivity index (χ3v) is 4.29. The van der Waals surface area contributed by atoms with Crippen molar-refractivity contribution in [2.75, 3.05) is 13.1 Å². The van der Waals surface area contributed by atoms with Crippen LogP contribution >= 0.6 is 0 Å². The van der Waals surface area contributed by atoms with E-state index in [1.54, 1.807) is 12.4 Å². The summed E-state index contributed by atoms with van der Waals surface area (Å²) in [6.45, 7) is 8.96. The summed E-state index contributed by atoms with van der Waals surface area (Å²) in [5, 5.41) is 3.53. The van der Waals surface area contributed by atoms with Crippen LogP contribution in [0.3, 0.4) is 0 Å². The highest BCUT2D eigenvalue weighted by atomic mass is 15.2. The molecule has 0 bridgehead atoms. The minimum absolute atomic E-state index is 0.404. The van der Waals surface area contributed by atoms with Gasteiger partial charge in [0.05, 0.1) is 11.0 Å². The maximum Gasteiger partial charge on any atom is 0.0890 e. The molecule has 0 radical (unpaired) electrons. The molecule has 1 aromatic carbocycles. The maximum absolute atomic E-state index is 4.41. The Hall–Kier alpha value is -1.52. The summed E-state index contributed by atoms with van der Waals surface area (Å²) < 4.78 is 0. The second kappa shape index (κ2) is 5.46. The van der Waals surface area contributed by atoms with E-state index in [4.69, 9.17) is 0 Å². The third kappa shape index (κ3) is 2.53. The summed E-state index contributed by atoms with van der Waals surface area (Å²) in [5.74, 6) is 0. The fraction of sp³-hybridized carbons (Fsp3) is 0.500. The van der Waals surface area contributed by atoms with Gasteiger partial charge in [-0.3, -0.25) is 14.9 Å². The zero-order valence-electron chi connectivity index (χ0n) is 12.4. The molecule has 0 saturated carbocycles. The number of fused-ring (bicyclic) bond motifs is 1. The number of piperazine rings is 1. The van der Waals surface area contributed by atoms with Crippen LogP contribution in [0.15, 0.2) is 30.6 Å². The summed E-state index contributed by atoms with van der Waals surface area (Å²) >= 11 is 0. The van der Waals surface area contributed by atoms with Crippen molar-refractivity contribution in [3.05, 3.63) is 36.2 Å². The van der Waals surface area contributed by atoms with E-state index in [1.807, 2.05) is 0 Å². The van der Waals surface area contributed by atoms with E-state index in [9.17, 15) is 0 Å². The average Bonchev–Trinajstić information content (AvgIpc) is 2.48. The Labute approximate surface area is 120 Å². The van der Waals surface area contributed by atoms with Gasteiger partial charge in [0.2, 0.25) is 0 Å². The van der Waals surface area contributed by atoms with Gasteiger partial charge in [0.15, 0.2) is 0 Å². The number of aromatic nitrogens is 2. The lowest BCUT2D eigenvalue weighted by Gasteiger charge is -2.41. The first-order valence-electron chi connectivity index (χ1n) is 7.35. The molecule has 1 N–H and O–H groups in total. The van der Waals surface area contributed by atoms with Gasteiger partial charge in [-0.1, -0.05) is 6.07 Å². The van der Waals surface area contributed by atoms with Crippen LogP contribution < -0.4 is 5.32 Å². The molecule has 0 spiro atoms. The molecule has 1 aromatic heterocycles. The van der Waals surface area contributed by atoms with Crippen LogP contribution in [0.2, 0.25) is 0 Å². The van der Waals surface area contributed by atoms with Gasteiger partial charge in [-0.2, -0.15) is 0 Å². The van der Waals surface area contributed by atoms with E-state index in [0.29, 0.717) is 18.1 Å². The van der Waals surface area contributed by atoms with Gasteiger partial charge < -0.3 is 5.32 Å². The molecule has 0 aliphatic carbocycles. The van der Waals surface area contributed by atoms with Crippen molar-refractivity contribution in [1.29, 1.82) is 0 Å². The molecule has 4 heteroatoms. The third-order valence-electron chi connectivity index (χ3n) is 4.29. The SMILES string of the molecule is C[C@@H]1CN[C@@H](C)CN1[C@H](C)c1ccc2nccnc2c1. The molecule has 1 aliphatic rings. The quantitative estimate of drug-likeness (QED) is 0.909. The summed E-state index contributed by atoms with van der Waals surface area (Å²) in [5.41, 5.74) is 3.26. The molecular formula is C16H22N4. The van der Waals surface area contributed by atoms with Crippen molar-refractivity contribution < 1.29 is 0 Å². The average molecular weight is 270 g/mol. The summed E-state index contributed by atoms with van der Waals surface area (Å²) in [6.07, 6.45) is 3.50. The number of rotatable bonds is 2. The fourth-order valence-corrected chi connectivity index (χ4v) is 3.02. The summed E-state index contributed by atoms with van der Waals surface area (Å²) in [6, 6.07) is 7.94. The van der Waals surface area contributed by atoms with E-state index >= 15 is 0 Å². The van der Waals surface area contributed by atoms with Gasteiger partial charge in [0.25, 0.3) is 0 Å². The van der Waals surface area contributed by atoms with Gasteiger partial charge in [0, 0.05) is 43.6 Å². The van der Waals surface area contributed by atoms with Crippen LogP contribution in [-0.4, -0.2) is 40.0 Å². The monoisotopic (exact) mass is 270 g/mol. The van der Waals surface area contributed by atoms with Gasteiger partial charge in [-0.25, -0.2) is 0 Å². The van der Waals surface area contributed by atoms with Crippen molar-refractivity contribution in [2.24, 2.45) is 0 Å². The largest absolute Gasteiger partial charge is 0.311 e. The predicted octanol–water partition coefficient (Wildman–Crippen LogP) is 2.37. The standard InChI is InChI=1S/C16H22N4/c1-11-10-20(12(2)9-19-11)13(3)14-4-5-15-16(8-14)18-7-6-17-15/h4-8,11-13,19H,9-10H2,1-3H3/t11-,12+,13+/m0/s1.